The van der Waals surface area contributed by atoms with Gasteiger partial charge >= 0.3 is 5.97 Å². The molecule has 2 unspecified atom stereocenters. The van der Waals surface area contributed by atoms with Gasteiger partial charge in [0.1, 0.15) is 23.7 Å². The van der Waals surface area contributed by atoms with Crippen LogP contribution in [0.25, 0.3) is 0 Å². The highest BCUT2D eigenvalue weighted by Crippen LogP contribution is 2.18. The molecule has 0 saturated heterocycles. The first-order chi connectivity index (χ1) is 13.6. The molecule has 5 nitrogen and oxygen atoms in total. The van der Waals surface area contributed by atoms with Crippen LogP contribution < -0.4 is 9.47 Å². The Bertz CT molecular complexity index is 755. The molecule has 0 spiro atoms. The van der Waals surface area contributed by atoms with Crippen LogP contribution in [0.15, 0.2) is 85.0 Å². The van der Waals surface area contributed by atoms with Crippen LogP contribution in [0.3, 0.4) is 0 Å². The van der Waals surface area contributed by atoms with Crippen LogP contribution in [-0.2, 0) is 14.3 Å². The van der Waals surface area contributed by atoms with Crippen LogP contribution in [0.4, 0.5) is 0 Å². The average molecular weight is 382 g/mol. The van der Waals surface area contributed by atoms with Gasteiger partial charge in [-0.2, -0.15) is 0 Å². The summed E-state index contributed by atoms with van der Waals surface area (Å²) in [4.78, 5) is 12.6. The summed E-state index contributed by atoms with van der Waals surface area (Å²) < 4.78 is 22.1. The molecule has 2 aromatic rings. The third-order valence-electron chi connectivity index (χ3n) is 3.72. The van der Waals surface area contributed by atoms with E-state index in [2.05, 4.69) is 6.58 Å². The Labute approximate surface area is 166 Å². The van der Waals surface area contributed by atoms with Gasteiger partial charge in [-0.3, -0.25) is 0 Å². The van der Waals surface area contributed by atoms with E-state index in [1.54, 1.807) is 19.1 Å². The van der Waals surface area contributed by atoms with E-state index in [0.717, 1.165) is 0 Å². The standard InChI is InChI=1S/C23H26O5/c1-4-15-25-17-26-23(24)22(19(3)28-21-13-9-6-10-14-21)16-18(2)27-20-11-7-5-8-12-20/h4-14,16,18-19H,1,15,17H2,2-3H3/b22-16+. The Hall–Kier alpha value is -3.05. The topological polar surface area (TPSA) is 54.0 Å². The molecular formula is C23H26O5. The molecule has 0 aliphatic heterocycles. The summed E-state index contributed by atoms with van der Waals surface area (Å²) in [5, 5.41) is 0. The quantitative estimate of drug-likeness (QED) is 0.188. The molecule has 0 saturated carbocycles. The fraction of sp³-hybridized carbons (Fsp3) is 0.261. The van der Waals surface area contributed by atoms with Gasteiger partial charge in [-0.05, 0) is 44.2 Å². The molecule has 0 radical (unpaired) electrons. The smallest absolute Gasteiger partial charge is 0.339 e. The number of carbonyl (C=O) groups excluding carboxylic acids is 1. The van der Waals surface area contributed by atoms with E-state index < -0.39 is 12.1 Å². The minimum absolute atomic E-state index is 0.159. The summed E-state index contributed by atoms with van der Waals surface area (Å²) in [6.07, 6.45) is 2.40. The second kappa shape index (κ2) is 11.6. The van der Waals surface area contributed by atoms with Crippen molar-refractivity contribution in [1.29, 1.82) is 0 Å². The van der Waals surface area contributed by atoms with Gasteiger partial charge in [0.15, 0.2) is 6.79 Å². The molecule has 0 heterocycles. The Balaban J connectivity index is 2.11. The summed E-state index contributed by atoms with van der Waals surface area (Å²) >= 11 is 0. The maximum Gasteiger partial charge on any atom is 0.339 e. The highest BCUT2D eigenvalue weighted by molar-refractivity contribution is 5.89. The van der Waals surface area contributed by atoms with E-state index in [-0.39, 0.29) is 12.9 Å². The number of para-hydroxylation sites is 2. The van der Waals surface area contributed by atoms with E-state index in [1.807, 2.05) is 67.6 Å². The van der Waals surface area contributed by atoms with Crippen molar-refractivity contribution in [1.82, 2.24) is 0 Å². The van der Waals surface area contributed by atoms with Crippen LogP contribution in [0.2, 0.25) is 0 Å². The summed E-state index contributed by atoms with van der Waals surface area (Å²) in [6, 6.07) is 18.7. The summed E-state index contributed by atoms with van der Waals surface area (Å²) in [5.41, 5.74) is 0.356. The number of esters is 1. The Morgan fingerprint density at radius 3 is 2.11 bits per heavy atom. The van der Waals surface area contributed by atoms with Gasteiger partial charge in [0.25, 0.3) is 0 Å². The van der Waals surface area contributed by atoms with E-state index in [9.17, 15) is 4.79 Å². The first kappa shape index (κ1) is 21.3. The normalized spacial score (nSPS) is 13.3. The van der Waals surface area contributed by atoms with E-state index in [1.165, 1.54) is 0 Å². The maximum absolute atomic E-state index is 12.6. The predicted octanol–water partition coefficient (Wildman–Crippen LogP) is 4.55. The molecule has 0 amide bonds. The molecule has 5 heteroatoms. The molecule has 2 rings (SSSR count). The SMILES string of the molecule is C=CCOCOC(=O)/C(=C/C(C)Oc1ccccc1)C(C)Oc1ccccc1. The molecular weight excluding hydrogens is 356 g/mol. The molecule has 0 bridgehead atoms. The lowest BCUT2D eigenvalue weighted by molar-refractivity contribution is -0.151. The molecule has 0 N–H and O–H groups in total. The molecule has 0 aromatic heterocycles. The molecule has 2 atom stereocenters. The first-order valence-corrected chi connectivity index (χ1v) is 9.11. The number of hydrogen-bond acceptors (Lipinski definition) is 5. The van der Waals surface area contributed by atoms with Crippen molar-refractivity contribution >= 4 is 5.97 Å². The third-order valence-corrected chi connectivity index (χ3v) is 3.72. The van der Waals surface area contributed by atoms with Crippen molar-refractivity contribution < 1.29 is 23.7 Å². The third kappa shape index (κ3) is 7.29. The van der Waals surface area contributed by atoms with Crippen molar-refractivity contribution in [2.24, 2.45) is 0 Å². The van der Waals surface area contributed by atoms with Crippen molar-refractivity contribution in [3.05, 3.63) is 85.0 Å². The highest BCUT2D eigenvalue weighted by atomic mass is 16.7. The Morgan fingerprint density at radius 1 is 0.964 bits per heavy atom. The lowest BCUT2D eigenvalue weighted by atomic mass is 10.1. The number of hydrogen-bond donors (Lipinski definition) is 0. The van der Waals surface area contributed by atoms with Crippen LogP contribution in [0.5, 0.6) is 11.5 Å². The van der Waals surface area contributed by atoms with E-state index >= 15 is 0 Å². The molecule has 148 valence electrons. The lowest BCUT2D eigenvalue weighted by Crippen LogP contribution is -2.26. The molecule has 0 aliphatic carbocycles. The molecule has 0 fully saturated rings. The number of ether oxygens (including phenoxy) is 4. The average Bonchev–Trinajstić information content (AvgIpc) is 2.70. The van der Waals surface area contributed by atoms with Crippen molar-refractivity contribution in [3.63, 3.8) is 0 Å². The Morgan fingerprint density at radius 2 is 1.54 bits per heavy atom. The zero-order chi connectivity index (χ0) is 20.2. The largest absolute Gasteiger partial charge is 0.487 e. The van der Waals surface area contributed by atoms with Crippen molar-refractivity contribution in [2.75, 3.05) is 13.4 Å². The van der Waals surface area contributed by atoms with Crippen molar-refractivity contribution in [3.8, 4) is 11.5 Å². The number of carbonyl (C=O) groups is 1. The molecule has 28 heavy (non-hydrogen) atoms. The van der Waals surface area contributed by atoms with Crippen LogP contribution >= 0.6 is 0 Å². The minimum atomic E-state index is -0.531. The lowest BCUT2D eigenvalue weighted by Gasteiger charge is -2.19. The van der Waals surface area contributed by atoms with Gasteiger partial charge in [-0.1, -0.05) is 42.5 Å². The van der Waals surface area contributed by atoms with Gasteiger partial charge in [0.2, 0.25) is 0 Å². The van der Waals surface area contributed by atoms with Gasteiger partial charge < -0.3 is 18.9 Å². The molecule has 2 aromatic carbocycles. The van der Waals surface area contributed by atoms with Gasteiger partial charge in [0, 0.05) is 0 Å². The van der Waals surface area contributed by atoms with Gasteiger partial charge in [0.05, 0.1) is 12.2 Å². The van der Waals surface area contributed by atoms with Gasteiger partial charge in [-0.15, -0.1) is 6.58 Å². The Kier molecular flexibility index (Phi) is 8.82. The van der Waals surface area contributed by atoms with Gasteiger partial charge in [-0.25, -0.2) is 4.79 Å². The fourth-order valence-electron chi connectivity index (χ4n) is 2.45. The number of rotatable bonds is 11. The second-order valence-corrected chi connectivity index (χ2v) is 6.04. The minimum Gasteiger partial charge on any atom is -0.487 e. The fourth-order valence-corrected chi connectivity index (χ4v) is 2.45. The summed E-state index contributed by atoms with van der Waals surface area (Å²) in [7, 11) is 0. The number of benzene rings is 2. The zero-order valence-electron chi connectivity index (χ0n) is 16.2. The summed E-state index contributed by atoms with van der Waals surface area (Å²) in [5.74, 6) is 0.856. The first-order valence-electron chi connectivity index (χ1n) is 9.11. The monoisotopic (exact) mass is 382 g/mol. The van der Waals surface area contributed by atoms with E-state index in [0.29, 0.717) is 23.7 Å². The zero-order valence-corrected chi connectivity index (χ0v) is 16.2. The maximum atomic E-state index is 12.6. The molecule has 0 aliphatic rings. The van der Waals surface area contributed by atoms with Crippen LogP contribution in [0.1, 0.15) is 13.8 Å². The van der Waals surface area contributed by atoms with Crippen LogP contribution in [0, 0.1) is 0 Å². The van der Waals surface area contributed by atoms with E-state index in [4.69, 9.17) is 18.9 Å². The highest BCUT2D eigenvalue weighted by Gasteiger charge is 2.22. The summed E-state index contributed by atoms with van der Waals surface area (Å²) in [6.45, 7) is 7.34. The van der Waals surface area contributed by atoms with Crippen LogP contribution in [-0.4, -0.2) is 31.6 Å². The second-order valence-electron chi connectivity index (χ2n) is 6.04. The van der Waals surface area contributed by atoms with Crippen molar-refractivity contribution in [2.45, 2.75) is 26.1 Å². The predicted molar refractivity (Wildman–Crippen MR) is 108 cm³/mol.